The largest absolute Gasteiger partial charge is 0.0845 e. The number of hydrogen-bond acceptors (Lipinski definition) is 0. The van der Waals surface area contributed by atoms with E-state index in [4.69, 9.17) is 0 Å². The first-order valence-electron chi connectivity index (χ1n) is 11.6. The van der Waals surface area contributed by atoms with Gasteiger partial charge in [0.15, 0.2) is 0 Å². The number of rotatable bonds is 3. The third-order valence-corrected chi connectivity index (χ3v) is 9.78. The van der Waals surface area contributed by atoms with E-state index in [1.807, 2.05) is 5.57 Å². The zero-order chi connectivity index (χ0) is 17.8. The first-order chi connectivity index (χ1) is 11.9. The van der Waals surface area contributed by atoms with E-state index >= 15 is 0 Å². The summed E-state index contributed by atoms with van der Waals surface area (Å²) >= 11 is 0. The highest BCUT2D eigenvalue weighted by Gasteiger charge is 2.58. The zero-order valence-corrected chi connectivity index (χ0v) is 17.6. The van der Waals surface area contributed by atoms with Crippen molar-refractivity contribution in [1.82, 2.24) is 0 Å². The Morgan fingerprint density at radius 3 is 2.56 bits per heavy atom. The first kappa shape index (κ1) is 18.1. The monoisotopic (exact) mass is 342 g/mol. The molecule has 7 atom stereocenters. The lowest BCUT2D eigenvalue weighted by Crippen LogP contribution is -2.50. The molecule has 0 spiro atoms. The van der Waals surface area contributed by atoms with Crippen LogP contribution in [0.5, 0.6) is 0 Å². The van der Waals surface area contributed by atoms with Crippen LogP contribution in [0.15, 0.2) is 11.6 Å². The molecule has 0 aromatic carbocycles. The first-order valence-corrected chi connectivity index (χ1v) is 11.6. The number of allylic oxidation sites excluding steroid dienone is 2. The molecule has 0 amide bonds. The molecule has 0 nitrogen and oxygen atoms in total. The van der Waals surface area contributed by atoms with Gasteiger partial charge in [-0.25, -0.2) is 0 Å². The van der Waals surface area contributed by atoms with Crippen molar-refractivity contribution >= 4 is 0 Å². The topological polar surface area (TPSA) is 0 Å². The summed E-state index contributed by atoms with van der Waals surface area (Å²) in [6, 6.07) is 0. The van der Waals surface area contributed by atoms with E-state index in [0.717, 1.165) is 35.5 Å². The standard InChI is InChI=1S/C25H42/c1-6-7-18-12-14-24(4)19(16-18)8-9-20-22-11-10-21(17(2)3)25(22,5)15-13-23(20)24/h8,17-18,20-23H,6-7,9-16H2,1-5H3. The second kappa shape index (κ2) is 6.42. The molecule has 0 radical (unpaired) electrons. The molecule has 0 aromatic heterocycles. The van der Waals surface area contributed by atoms with Gasteiger partial charge in [0, 0.05) is 0 Å². The van der Waals surface area contributed by atoms with Gasteiger partial charge in [0.1, 0.15) is 0 Å². The Morgan fingerprint density at radius 1 is 1.04 bits per heavy atom. The van der Waals surface area contributed by atoms with Crippen molar-refractivity contribution in [1.29, 1.82) is 0 Å². The molecule has 4 aliphatic rings. The maximum absolute atomic E-state index is 2.76. The summed E-state index contributed by atoms with van der Waals surface area (Å²) in [7, 11) is 0. The minimum absolute atomic E-state index is 0.560. The van der Waals surface area contributed by atoms with Gasteiger partial charge in [-0.2, -0.15) is 0 Å². The van der Waals surface area contributed by atoms with Gasteiger partial charge in [-0.3, -0.25) is 0 Å². The summed E-state index contributed by atoms with van der Waals surface area (Å²) in [5, 5.41) is 0. The average molecular weight is 343 g/mol. The van der Waals surface area contributed by atoms with E-state index in [-0.39, 0.29) is 0 Å². The predicted molar refractivity (Wildman–Crippen MR) is 108 cm³/mol. The second-order valence-electron chi connectivity index (χ2n) is 11.1. The highest BCUT2D eigenvalue weighted by atomic mass is 14.6. The lowest BCUT2D eigenvalue weighted by molar-refractivity contribution is -0.0510. The summed E-state index contributed by atoms with van der Waals surface area (Å²) < 4.78 is 0. The van der Waals surface area contributed by atoms with Gasteiger partial charge in [0.25, 0.3) is 0 Å². The van der Waals surface area contributed by atoms with Crippen LogP contribution in [0.2, 0.25) is 0 Å². The quantitative estimate of drug-likeness (QED) is 0.462. The van der Waals surface area contributed by atoms with Gasteiger partial charge >= 0.3 is 0 Å². The number of hydrogen-bond donors (Lipinski definition) is 0. The normalized spacial score (nSPS) is 49.4. The van der Waals surface area contributed by atoms with E-state index in [2.05, 4.69) is 40.7 Å². The third kappa shape index (κ3) is 2.68. The fourth-order valence-corrected chi connectivity index (χ4v) is 8.53. The van der Waals surface area contributed by atoms with Gasteiger partial charge < -0.3 is 0 Å². The molecule has 0 bridgehead atoms. The highest BCUT2D eigenvalue weighted by molar-refractivity contribution is 5.25. The van der Waals surface area contributed by atoms with Crippen LogP contribution in [0.1, 0.15) is 98.8 Å². The van der Waals surface area contributed by atoms with Gasteiger partial charge in [0.2, 0.25) is 0 Å². The van der Waals surface area contributed by atoms with Crippen LogP contribution in [0, 0.1) is 46.3 Å². The van der Waals surface area contributed by atoms with Gasteiger partial charge in [-0.15, -0.1) is 0 Å². The van der Waals surface area contributed by atoms with Crippen LogP contribution >= 0.6 is 0 Å². The maximum Gasteiger partial charge on any atom is -0.00851 e. The van der Waals surface area contributed by atoms with Crippen LogP contribution in [0.25, 0.3) is 0 Å². The molecule has 142 valence electrons. The molecule has 25 heavy (non-hydrogen) atoms. The molecule has 4 rings (SSSR count). The van der Waals surface area contributed by atoms with Crippen molar-refractivity contribution in [2.75, 3.05) is 0 Å². The molecule has 0 N–H and O–H groups in total. The summed E-state index contributed by atoms with van der Waals surface area (Å²) in [6.45, 7) is 12.7. The van der Waals surface area contributed by atoms with E-state index in [1.165, 1.54) is 64.2 Å². The molecule has 0 heterocycles. The van der Waals surface area contributed by atoms with Gasteiger partial charge in [-0.05, 0) is 97.7 Å². The van der Waals surface area contributed by atoms with Crippen molar-refractivity contribution < 1.29 is 0 Å². The minimum Gasteiger partial charge on any atom is -0.0845 e. The van der Waals surface area contributed by atoms with Crippen molar-refractivity contribution in [2.45, 2.75) is 98.8 Å². The Kier molecular flexibility index (Phi) is 4.65. The fourth-order valence-electron chi connectivity index (χ4n) is 8.53. The van der Waals surface area contributed by atoms with Gasteiger partial charge in [-0.1, -0.05) is 59.1 Å². The van der Waals surface area contributed by atoms with Crippen LogP contribution in [-0.4, -0.2) is 0 Å². The minimum atomic E-state index is 0.560. The number of fused-ring (bicyclic) bond motifs is 5. The molecule has 0 aliphatic heterocycles. The van der Waals surface area contributed by atoms with Crippen molar-refractivity contribution in [3.8, 4) is 0 Å². The molecule has 0 saturated heterocycles. The van der Waals surface area contributed by atoms with Crippen LogP contribution in [0.3, 0.4) is 0 Å². The molecule has 0 heteroatoms. The molecule has 3 saturated carbocycles. The summed E-state index contributed by atoms with van der Waals surface area (Å²) in [4.78, 5) is 0. The molecule has 4 aliphatic carbocycles. The Morgan fingerprint density at radius 2 is 1.84 bits per heavy atom. The van der Waals surface area contributed by atoms with Crippen LogP contribution < -0.4 is 0 Å². The SMILES string of the molecule is CCCC1CCC2(C)C(=CCC3C2CCC2(C)C(C(C)C)CCC32)C1. The Balaban J connectivity index is 1.59. The second-order valence-corrected chi connectivity index (χ2v) is 11.1. The lowest BCUT2D eigenvalue weighted by Gasteiger charge is -2.58. The van der Waals surface area contributed by atoms with Crippen LogP contribution in [0.4, 0.5) is 0 Å². The summed E-state index contributed by atoms with van der Waals surface area (Å²) in [5.74, 6) is 5.87. The Labute approximate surface area is 157 Å². The third-order valence-electron chi connectivity index (χ3n) is 9.78. The summed E-state index contributed by atoms with van der Waals surface area (Å²) in [6.07, 6.45) is 17.5. The molecule has 0 aromatic rings. The van der Waals surface area contributed by atoms with Crippen molar-refractivity contribution in [3.05, 3.63) is 11.6 Å². The van der Waals surface area contributed by atoms with E-state index < -0.39 is 0 Å². The van der Waals surface area contributed by atoms with E-state index in [1.54, 1.807) is 0 Å². The predicted octanol–water partition coefficient (Wildman–Crippen LogP) is 7.64. The van der Waals surface area contributed by atoms with Crippen molar-refractivity contribution in [3.63, 3.8) is 0 Å². The molecular weight excluding hydrogens is 300 g/mol. The van der Waals surface area contributed by atoms with Crippen LogP contribution in [-0.2, 0) is 0 Å². The molecular formula is C25H42. The summed E-state index contributed by atoms with van der Waals surface area (Å²) in [5.41, 5.74) is 3.10. The van der Waals surface area contributed by atoms with E-state index in [9.17, 15) is 0 Å². The smallest absolute Gasteiger partial charge is 0.00851 e. The van der Waals surface area contributed by atoms with Gasteiger partial charge in [0.05, 0.1) is 0 Å². The Hall–Kier alpha value is -0.260. The van der Waals surface area contributed by atoms with Crippen molar-refractivity contribution in [2.24, 2.45) is 46.3 Å². The zero-order valence-electron chi connectivity index (χ0n) is 17.6. The van der Waals surface area contributed by atoms with E-state index in [0.29, 0.717) is 10.8 Å². The lowest BCUT2D eigenvalue weighted by atomic mass is 9.46. The molecule has 7 unspecified atom stereocenters. The maximum atomic E-state index is 2.76. The average Bonchev–Trinajstić information content (AvgIpc) is 2.93. The fraction of sp³-hybridized carbons (Fsp3) is 0.920. The Bertz CT molecular complexity index is 528. The molecule has 3 fully saturated rings. The highest BCUT2D eigenvalue weighted by Crippen LogP contribution is 2.67.